The molecule has 4 aromatic rings. The minimum Gasteiger partial charge on any atom is -0.477 e. The fourth-order valence-corrected chi connectivity index (χ4v) is 5.96. The number of nitrogens with zero attached hydrogens (tertiary/aromatic N) is 5. The molecule has 0 spiro atoms. The van der Waals surface area contributed by atoms with Crippen molar-refractivity contribution in [3.63, 3.8) is 0 Å². The number of fused-ring (bicyclic) bond motifs is 1. The molecule has 0 amide bonds. The van der Waals surface area contributed by atoms with E-state index in [0.29, 0.717) is 52.8 Å². The average Bonchev–Trinajstić information content (AvgIpc) is 3.76. The zero-order chi connectivity index (χ0) is 29.4. The summed E-state index contributed by atoms with van der Waals surface area (Å²) in [5.74, 6) is -1.32. The molecule has 11 nitrogen and oxygen atoms in total. The van der Waals surface area contributed by atoms with Gasteiger partial charge in [0.15, 0.2) is 11.0 Å². The number of ether oxygens (including phenoxy) is 2. The molecule has 0 aliphatic carbocycles. The molecule has 1 N–H and O–H groups in total. The zero-order valence-corrected chi connectivity index (χ0v) is 23.4. The molecule has 2 saturated heterocycles. The van der Waals surface area contributed by atoms with E-state index in [1.807, 2.05) is 18.2 Å². The molecule has 0 saturated carbocycles. The van der Waals surface area contributed by atoms with Crippen LogP contribution in [-0.2, 0) is 9.47 Å². The number of pyridine rings is 1. The van der Waals surface area contributed by atoms with Crippen molar-refractivity contribution in [3.8, 4) is 23.0 Å². The van der Waals surface area contributed by atoms with Gasteiger partial charge in [0.2, 0.25) is 0 Å². The molecule has 11 heteroatoms. The fraction of sp³-hybridized carbons (Fsp3) is 0.355. The molecule has 2 aliphatic heterocycles. The van der Waals surface area contributed by atoms with E-state index in [4.69, 9.17) is 13.9 Å². The predicted molar refractivity (Wildman–Crippen MR) is 157 cm³/mol. The summed E-state index contributed by atoms with van der Waals surface area (Å²) in [5.41, 5.74) is 3.08. The molecule has 2 aromatic carbocycles. The molecule has 42 heavy (non-hydrogen) atoms. The molecule has 2 aromatic heterocycles. The summed E-state index contributed by atoms with van der Waals surface area (Å²) >= 11 is 0. The van der Waals surface area contributed by atoms with Gasteiger partial charge < -0.3 is 33.4 Å². The van der Waals surface area contributed by atoms with E-state index in [2.05, 4.69) is 20.9 Å². The van der Waals surface area contributed by atoms with E-state index >= 15 is 0 Å². The number of carboxylic acids is 1. The SMILES string of the molecule is COC[C@H]1CCCN1c1nc2ccc(-n3cc(C(=O)O)c(=O)cc3-c3ccc(N4CC[C@@H](OC)C4)c(C#N)c3)cc2o1. The predicted octanol–water partition coefficient (Wildman–Crippen LogP) is 4.06. The van der Waals surface area contributed by atoms with Gasteiger partial charge in [0.1, 0.15) is 17.1 Å². The highest BCUT2D eigenvalue weighted by Crippen LogP contribution is 2.33. The van der Waals surface area contributed by atoms with Crippen LogP contribution in [0.3, 0.4) is 0 Å². The van der Waals surface area contributed by atoms with E-state index in [1.165, 1.54) is 12.3 Å². The molecular weight excluding hydrogens is 538 g/mol. The van der Waals surface area contributed by atoms with Crippen LogP contribution in [0, 0.1) is 11.3 Å². The Morgan fingerprint density at radius 3 is 2.76 bits per heavy atom. The van der Waals surface area contributed by atoms with Crippen molar-refractivity contribution in [2.45, 2.75) is 31.4 Å². The second-order valence-electron chi connectivity index (χ2n) is 10.6. The van der Waals surface area contributed by atoms with Crippen LogP contribution in [0.4, 0.5) is 11.7 Å². The van der Waals surface area contributed by atoms with Gasteiger partial charge in [0.05, 0.1) is 35.7 Å². The second kappa shape index (κ2) is 11.3. The van der Waals surface area contributed by atoms with Crippen LogP contribution >= 0.6 is 0 Å². The summed E-state index contributed by atoms with van der Waals surface area (Å²) in [6.45, 7) is 2.86. The third kappa shape index (κ3) is 5.00. The molecule has 4 heterocycles. The van der Waals surface area contributed by atoms with Crippen LogP contribution in [0.15, 0.2) is 57.9 Å². The Balaban J connectivity index is 1.43. The standard InChI is InChI=1S/C31H31N5O6/c1-40-18-22-4-3-10-35(22)31-33-25-7-6-21(13-29(25)42-31)36-17-24(30(38)39)28(37)14-27(36)19-5-8-26(20(12-19)15-32)34-11-9-23(16-34)41-2/h5-8,12-14,17,22-23H,3-4,9-11,16,18H2,1-2H3,(H,38,39)/t22-,23-/m1/s1. The van der Waals surface area contributed by atoms with Crippen molar-refractivity contribution in [1.82, 2.24) is 9.55 Å². The first kappa shape index (κ1) is 27.5. The second-order valence-corrected chi connectivity index (χ2v) is 10.6. The Kier molecular flexibility index (Phi) is 7.41. The van der Waals surface area contributed by atoms with Crippen LogP contribution in [0.5, 0.6) is 0 Å². The summed E-state index contributed by atoms with van der Waals surface area (Å²) < 4.78 is 18.7. The number of carbonyl (C=O) groups is 1. The van der Waals surface area contributed by atoms with E-state index in [1.54, 1.807) is 37.0 Å². The van der Waals surface area contributed by atoms with Crippen molar-refractivity contribution < 1.29 is 23.8 Å². The summed E-state index contributed by atoms with van der Waals surface area (Å²) in [6.07, 6.45) is 4.30. The Labute approximate surface area is 242 Å². The molecule has 0 bridgehead atoms. The average molecular weight is 570 g/mol. The highest BCUT2D eigenvalue weighted by Gasteiger charge is 2.29. The number of hydrogen-bond donors (Lipinski definition) is 1. The maximum atomic E-state index is 12.9. The number of benzene rings is 2. The van der Waals surface area contributed by atoms with Gasteiger partial charge in [-0.2, -0.15) is 10.2 Å². The van der Waals surface area contributed by atoms with Gasteiger partial charge in [0.25, 0.3) is 6.01 Å². The number of oxazole rings is 1. The Bertz CT molecular complexity index is 1760. The zero-order valence-electron chi connectivity index (χ0n) is 23.4. The minimum absolute atomic E-state index is 0.104. The number of anilines is 2. The van der Waals surface area contributed by atoms with Crippen molar-refractivity contribution >= 4 is 28.8 Å². The highest BCUT2D eigenvalue weighted by atomic mass is 16.5. The molecule has 216 valence electrons. The van der Waals surface area contributed by atoms with Crippen molar-refractivity contribution in [2.24, 2.45) is 0 Å². The van der Waals surface area contributed by atoms with Crippen LogP contribution < -0.4 is 15.2 Å². The van der Waals surface area contributed by atoms with Gasteiger partial charge in [-0.05, 0) is 43.5 Å². The Morgan fingerprint density at radius 1 is 1.17 bits per heavy atom. The fourth-order valence-electron chi connectivity index (χ4n) is 5.96. The molecule has 0 radical (unpaired) electrons. The van der Waals surface area contributed by atoms with Gasteiger partial charge in [0, 0.05) is 63.4 Å². The maximum absolute atomic E-state index is 12.9. The molecule has 0 unspecified atom stereocenters. The number of nitriles is 1. The van der Waals surface area contributed by atoms with Crippen LogP contribution in [-0.4, -0.2) is 73.2 Å². The highest BCUT2D eigenvalue weighted by molar-refractivity contribution is 5.88. The van der Waals surface area contributed by atoms with Gasteiger partial charge >= 0.3 is 5.97 Å². The van der Waals surface area contributed by atoms with Crippen molar-refractivity contribution in [3.05, 3.63) is 70.0 Å². The molecule has 2 fully saturated rings. The topological polar surface area (TPSA) is 134 Å². The maximum Gasteiger partial charge on any atom is 0.341 e. The third-order valence-electron chi connectivity index (χ3n) is 8.13. The number of aromatic nitrogens is 2. The normalized spacial score (nSPS) is 18.6. The monoisotopic (exact) mass is 569 g/mol. The van der Waals surface area contributed by atoms with E-state index < -0.39 is 11.4 Å². The molecule has 6 rings (SSSR count). The van der Waals surface area contributed by atoms with Gasteiger partial charge in [-0.15, -0.1) is 0 Å². The van der Waals surface area contributed by atoms with E-state index in [0.717, 1.165) is 38.0 Å². The lowest BCUT2D eigenvalue weighted by molar-refractivity contribution is 0.0695. The lowest BCUT2D eigenvalue weighted by atomic mass is 10.0. The molecular formula is C31H31N5O6. The summed E-state index contributed by atoms with van der Waals surface area (Å²) in [4.78, 5) is 33.7. The lowest BCUT2D eigenvalue weighted by Gasteiger charge is -2.21. The summed E-state index contributed by atoms with van der Waals surface area (Å²) in [5, 5.41) is 19.7. The Morgan fingerprint density at radius 2 is 2.02 bits per heavy atom. The van der Waals surface area contributed by atoms with Gasteiger partial charge in [-0.25, -0.2) is 4.79 Å². The largest absolute Gasteiger partial charge is 0.477 e. The number of methoxy groups -OCH3 is 2. The quantitative estimate of drug-likeness (QED) is 0.331. The number of aromatic carboxylic acids is 1. The smallest absolute Gasteiger partial charge is 0.341 e. The molecule has 2 atom stereocenters. The van der Waals surface area contributed by atoms with E-state index in [-0.39, 0.29) is 17.7 Å². The van der Waals surface area contributed by atoms with Crippen molar-refractivity contribution in [1.29, 1.82) is 5.26 Å². The van der Waals surface area contributed by atoms with Crippen LogP contribution in [0.25, 0.3) is 28.0 Å². The Hall–Kier alpha value is -4.66. The van der Waals surface area contributed by atoms with E-state index in [9.17, 15) is 20.0 Å². The number of rotatable bonds is 8. The number of carboxylic acid groups (broad SMARTS) is 1. The van der Waals surface area contributed by atoms with Crippen LogP contribution in [0.2, 0.25) is 0 Å². The first-order valence-electron chi connectivity index (χ1n) is 13.9. The van der Waals surface area contributed by atoms with Gasteiger partial charge in [-0.3, -0.25) is 4.79 Å². The summed E-state index contributed by atoms with van der Waals surface area (Å²) in [6, 6.07) is 15.1. The van der Waals surface area contributed by atoms with Gasteiger partial charge in [-0.1, -0.05) is 6.07 Å². The first-order valence-corrected chi connectivity index (χ1v) is 13.9. The van der Waals surface area contributed by atoms with Crippen molar-refractivity contribution in [2.75, 3.05) is 50.3 Å². The lowest BCUT2D eigenvalue weighted by Crippen LogP contribution is -2.32. The molecule has 2 aliphatic rings. The third-order valence-corrected chi connectivity index (χ3v) is 8.13. The summed E-state index contributed by atoms with van der Waals surface area (Å²) in [7, 11) is 3.36. The number of hydrogen-bond acceptors (Lipinski definition) is 9. The minimum atomic E-state index is -1.32. The van der Waals surface area contributed by atoms with Crippen LogP contribution in [0.1, 0.15) is 35.2 Å². The first-order chi connectivity index (χ1) is 20.4.